The van der Waals surface area contributed by atoms with E-state index in [1.54, 1.807) is 16.4 Å². The molecule has 2 aromatic rings. The highest BCUT2D eigenvalue weighted by Crippen LogP contribution is 2.54. The van der Waals surface area contributed by atoms with E-state index in [0.29, 0.717) is 10.8 Å². The van der Waals surface area contributed by atoms with Crippen molar-refractivity contribution in [2.24, 2.45) is 5.92 Å². The topological polar surface area (TPSA) is 49.4 Å². The summed E-state index contributed by atoms with van der Waals surface area (Å²) in [7, 11) is -3.60. The van der Waals surface area contributed by atoms with Gasteiger partial charge in [-0.25, -0.2) is 8.42 Å². The highest BCUT2D eigenvalue weighted by molar-refractivity contribution is 7.93. The van der Waals surface area contributed by atoms with Gasteiger partial charge in [0, 0.05) is 13.1 Å². The van der Waals surface area contributed by atoms with Gasteiger partial charge in [0.05, 0.1) is 16.1 Å². The fourth-order valence-corrected chi connectivity index (χ4v) is 6.00. The van der Waals surface area contributed by atoms with Crippen LogP contribution in [0, 0.1) is 5.92 Å². The van der Waals surface area contributed by atoms with Crippen molar-refractivity contribution in [2.75, 3.05) is 17.4 Å². The summed E-state index contributed by atoms with van der Waals surface area (Å²) in [5, 5.41) is 3.36. The van der Waals surface area contributed by atoms with Crippen LogP contribution in [0.4, 0.5) is 5.69 Å². The standard InChI is InChI=1S/C21H26N2O2S.ClH/c1-2-3-7-17-10-12-20(13-11-17)26(24,25)23(19-8-5-4-6-9-19)21-14-18(21)15-22-16-21;/h4-6,8-13,18,22H,2-3,7,14-16H2,1H3;1H. The Morgan fingerprint density at radius 3 is 2.37 bits per heavy atom. The van der Waals surface area contributed by atoms with Crippen molar-refractivity contribution in [2.45, 2.75) is 43.0 Å². The molecule has 2 fully saturated rings. The highest BCUT2D eigenvalue weighted by Gasteiger charge is 2.64. The minimum absolute atomic E-state index is 0. The summed E-state index contributed by atoms with van der Waals surface area (Å²) < 4.78 is 28.8. The second-order valence-corrected chi connectivity index (χ2v) is 9.27. The Morgan fingerprint density at radius 1 is 1.11 bits per heavy atom. The summed E-state index contributed by atoms with van der Waals surface area (Å²) in [6.45, 7) is 3.78. The minimum Gasteiger partial charge on any atom is -0.314 e. The third-order valence-electron chi connectivity index (χ3n) is 5.70. The second-order valence-electron chi connectivity index (χ2n) is 7.49. The van der Waals surface area contributed by atoms with Crippen LogP contribution in [0.3, 0.4) is 0 Å². The molecule has 1 N–H and O–H groups in total. The van der Waals surface area contributed by atoms with Gasteiger partial charge in [-0.2, -0.15) is 0 Å². The fraction of sp³-hybridized carbons (Fsp3) is 0.429. The van der Waals surface area contributed by atoms with Crippen LogP contribution in [0.15, 0.2) is 59.5 Å². The lowest BCUT2D eigenvalue weighted by atomic mass is 10.1. The molecule has 0 aromatic heterocycles. The molecule has 1 saturated carbocycles. The summed E-state index contributed by atoms with van der Waals surface area (Å²) in [4.78, 5) is 0.383. The summed E-state index contributed by atoms with van der Waals surface area (Å²) in [6, 6.07) is 17.0. The quantitative estimate of drug-likeness (QED) is 0.755. The first-order valence-corrected chi connectivity index (χ1v) is 10.9. The molecule has 1 heterocycles. The molecule has 0 spiro atoms. The molecule has 1 aliphatic heterocycles. The van der Waals surface area contributed by atoms with Crippen LogP contribution in [0.2, 0.25) is 0 Å². The van der Waals surface area contributed by atoms with Crippen LogP contribution in [-0.4, -0.2) is 27.0 Å². The number of sulfonamides is 1. The molecule has 4 rings (SSSR count). The monoisotopic (exact) mass is 406 g/mol. The number of nitrogens with zero attached hydrogens (tertiary/aromatic N) is 1. The third kappa shape index (κ3) is 3.60. The Kier molecular flexibility index (Phi) is 5.84. The molecular weight excluding hydrogens is 380 g/mol. The van der Waals surface area contributed by atoms with E-state index in [1.807, 2.05) is 42.5 Å². The number of hydrogen-bond donors (Lipinski definition) is 1. The van der Waals surface area contributed by atoms with Gasteiger partial charge in [-0.05, 0) is 55.0 Å². The van der Waals surface area contributed by atoms with E-state index in [-0.39, 0.29) is 17.9 Å². The SMILES string of the molecule is CCCCc1ccc(S(=O)(=O)N(c2ccccc2)C23CNCC2C3)cc1.Cl. The number of para-hydroxylation sites is 1. The predicted octanol–water partition coefficient (Wildman–Crippen LogP) is 4.01. The lowest BCUT2D eigenvalue weighted by Crippen LogP contribution is -2.46. The van der Waals surface area contributed by atoms with Gasteiger partial charge in [0.25, 0.3) is 10.0 Å². The predicted molar refractivity (Wildman–Crippen MR) is 112 cm³/mol. The van der Waals surface area contributed by atoms with Crippen molar-refractivity contribution in [1.29, 1.82) is 0 Å². The molecule has 2 aliphatic rings. The maximum Gasteiger partial charge on any atom is 0.264 e. The molecule has 1 saturated heterocycles. The van der Waals surface area contributed by atoms with Gasteiger partial charge in [0.1, 0.15) is 0 Å². The first kappa shape index (κ1) is 20.2. The van der Waals surface area contributed by atoms with Gasteiger partial charge in [0.15, 0.2) is 0 Å². The number of rotatable bonds is 7. The molecule has 2 atom stereocenters. The van der Waals surface area contributed by atoms with Crippen LogP contribution >= 0.6 is 12.4 Å². The van der Waals surface area contributed by atoms with E-state index >= 15 is 0 Å². The molecule has 2 aromatic carbocycles. The third-order valence-corrected chi connectivity index (χ3v) is 7.62. The van der Waals surface area contributed by atoms with Gasteiger partial charge >= 0.3 is 0 Å². The Balaban J connectivity index is 0.00000210. The number of unbranched alkanes of at least 4 members (excludes halogenated alkanes) is 1. The lowest BCUT2D eigenvalue weighted by molar-refractivity contribution is 0.569. The zero-order valence-electron chi connectivity index (χ0n) is 15.6. The van der Waals surface area contributed by atoms with Crippen molar-refractivity contribution in [1.82, 2.24) is 5.32 Å². The van der Waals surface area contributed by atoms with Crippen LogP contribution in [0.25, 0.3) is 0 Å². The van der Waals surface area contributed by atoms with Crippen LogP contribution < -0.4 is 9.62 Å². The molecular formula is C21H27ClN2O2S. The maximum absolute atomic E-state index is 13.6. The summed E-state index contributed by atoms with van der Waals surface area (Å²) in [5.41, 5.74) is 1.65. The summed E-state index contributed by atoms with van der Waals surface area (Å²) >= 11 is 0. The molecule has 1 aliphatic carbocycles. The van der Waals surface area contributed by atoms with E-state index in [4.69, 9.17) is 0 Å². The molecule has 0 radical (unpaired) electrons. The Labute approximate surface area is 168 Å². The molecule has 6 heteroatoms. The first-order chi connectivity index (χ1) is 12.6. The number of benzene rings is 2. The average Bonchev–Trinajstić information content (AvgIpc) is 3.20. The van der Waals surface area contributed by atoms with Crippen LogP contribution in [0.1, 0.15) is 31.7 Å². The van der Waals surface area contributed by atoms with E-state index < -0.39 is 10.0 Å². The van der Waals surface area contributed by atoms with Crippen LogP contribution in [0.5, 0.6) is 0 Å². The minimum atomic E-state index is -3.60. The maximum atomic E-state index is 13.6. The van der Waals surface area contributed by atoms with Gasteiger partial charge in [0.2, 0.25) is 0 Å². The number of anilines is 1. The smallest absolute Gasteiger partial charge is 0.264 e. The van der Waals surface area contributed by atoms with E-state index in [9.17, 15) is 8.42 Å². The Hall–Kier alpha value is -1.56. The average molecular weight is 407 g/mol. The molecule has 0 amide bonds. The number of aryl methyl sites for hydroxylation is 1. The van der Waals surface area contributed by atoms with Crippen molar-refractivity contribution in [3.8, 4) is 0 Å². The number of fused-ring (bicyclic) bond motifs is 1. The van der Waals surface area contributed by atoms with Gasteiger partial charge in [-0.3, -0.25) is 4.31 Å². The van der Waals surface area contributed by atoms with Gasteiger partial charge in [-0.15, -0.1) is 12.4 Å². The summed E-state index contributed by atoms with van der Waals surface area (Å²) in [5.74, 6) is 0.404. The number of halogens is 1. The Morgan fingerprint density at radius 2 is 1.81 bits per heavy atom. The molecule has 4 nitrogen and oxygen atoms in total. The molecule has 2 unspecified atom stereocenters. The number of piperidine rings is 1. The van der Waals surface area contributed by atoms with Gasteiger partial charge in [-0.1, -0.05) is 43.7 Å². The zero-order chi connectivity index (χ0) is 18.2. The Bertz CT molecular complexity index is 871. The number of nitrogens with one attached hydrogen (secondary N) is 1. The highest BCUT2D eigenvalue weighted by atomic mass is 35.5. The summed E-state index contributed by atoms with van der Waals surface area (Å²) in [6.07, 6.45) is 4.19. The molecule has 27 heavy (non-hydrogen) atoms. The largest absolute Gasteiger partial charge is 0.314 e. The van der Waals surface area contributed by atoms with Crippen molar-refractivity contribution in [3.63, 3.8) is 0 Å². The van der Waals surface area contributed by atoms with E-state index in [0.717, 1.165) is 44.5 Å². The van der Waals surface area contributed by atoms with Crippen molar-refractivity contribution >= 4 is 28.1 Å². The second kappa shape index (κ2) is 7.82. The van der Waals surface area contributed by atoms with Gasteiger partial charge < -0.3 is 5.32 Å². The lowest BCUT2D eigenvalue weighted by Gasteiger charge is -2.32. The molecule has 146 valence electrons. The number of hydrogen-bond acceptors (Lipinski definition) is 3. The zero-order valence-corrected chi connectivity index (χ0v) is 17.2. The van der Waals surface area contributed by atoms with Crippen molar-refractivity contribution in [3.05, 3.63) is 60.2 Å². The first-order valence-electron chi connectivity index (χ1n) is 9.48. The van der Waals surface area contributed by atoms with Crippen LogP contribution in [-0.2, 0) is 16.4 Å². The van der Waals surface area contributed by atoms with Crippen molar-refractivity contribution < 1.29 is 8.42 Å². The molecule has 0 bridgehead atoms. The van der Waals surface area contributed by atoms with E-state index in [1.165, 1.54) is 5.56 Å². The normalized spacial score (nSPS) is 23.4. The van der Waals surface area contributed by atoms with E-state index in [2.05, 4.69) is 12.2 Å². The fourth-order valence-electron chi connectivity index (χ4n) is 4.14.